The van der Waals surface area contributed by atoms with E-state index in [1.54, 1.807) is 0 Å². The molecule has 16 heavy (non-hydrogen) atoms. The van der Waals surface area contributed by atoms with Crippen molar-refractivity contribution in [2.24, 2.45) is 11.7 Å². The maximum absolute atomic E-state index is 9.75. The van der Waals surface area contributed by atoms with Crippen LogP contribution in [-0.2, 0) is 0 Å². The second-order valence-corrected chi connectivity index (χ2v) is 4.49. The molecule has 90 valence electrons. The molecule has 3 heteroatoms. The lowest BCUT2D eigenvalue weighted by atomic mass is 9.87. The van der Waals surface area contributed by atoms with Crippen molar-refractivity contribution < 1.29 is 10.2 Å². The average Bonchev–Trinajstić information content (AvgIpc) is 2.40. The third kappa shape index (κ3) is 3.30. The summed E-state index contributed by atoms with van der Waals surface area (Å²) in [6.07, 6.45) is 9.66. The van der Waals surface area contributed by atoms with Gasteiger partial charge in [0.1, 0.15) is 0 Å². The fourth-order valence-corrected chi connectivity index (χ4v) is 1.97. The molecule has 3 nitrogen and oxygen atoms in total. The molecule has 1 rings (SSSR count). The summed E-state index contributed by atoms with van der Waals surface area (Å²) in [5.41, 5.74) is 6.54. The van der Waals surface area contributed by atoms with Crippen molar-refractivity contribution >= 4 is 0 Å². The Bertz CT molecular complexity index is 316. The SMILES string of the molecule is CCC(C1=CC(C)(N)C=CC=C1)C(O)CO. The lowest BCUT2D eigenvalue weighted by Crippen LogP contribution is -2.33. The molecule has 0 fully saturated rings. The van der Waals surface area contributed by atoms with Gasteiger partial charge in [-0.25, -0.2) is 0 Å². The third-order valence-corrected chi connectivity index (χ3v) is 2.85. The molecule has 3 atom stereocenters. The summed E-state index contributed by atoms with van der Waals surface area (Å²) >= 11 is 0. The summed E-state index contributed by atoms with van der Waals surface area (Å²) < 4.78 is 0. The molecule has 0 saturated heterocycles. The molecule has 1 aliphatic rings. The summed E-state index contributed by atoms with van der Waals surface area (Å²) in [6.45, 7) is 3.68. The van der Waals surface area contributed by atoms with Gasteiger partial charge < -0.3 is 15.9 Å². The standard InChI is InChI=1S/C13H21NO2/c1-3-11(12(16)9-15)10-6-4-5-7-13(2,14)8-10/h4-8,11-12,15-16H,3,9,14H2,1-2H3. The van der Waals surface area contributed by atoms with Gasteiger partial charge in [-0.2, -0.15) is 0 Å². The van der Waals surface area contributed by atoms with Crippen LogP contribution in [0.2, 0.25) is 0 Å². The van der Waals surface area contributed by atoms with E-state index in [0.29, 0.717) is 0 Å². The van der Waals surface area contributed by atoms with E-state index >= 15 is 0 Å². The number of aliphatic hydroxyl groups is 2. The van der Waals surface area contributed by atoms with E-state index in [9.17, 15) is 5.11 Å². The summed E-state index contributed by atoms with van der Waals surface area (Å²) in [5.74, 6) is -0.0657. The zero-order valence-corrected chi connectivity index (χ0v) is 9.93. The minimum absolute atomic E-state index is 0.0657. The predicted octanol–water partition coefficient (Wildman–Crippen LogP) is 1.14. The highest BCUT2D eigenvalue weighted by Crippen LogP contribution is 2.25. The average molecular weight is 223 g/mol. The van der Waals surface area contributed by atoms with Gasteiger partial charge >= 0.3 is 0 Å². The highest BCUT2D eigenvalue weighted by atomic mass is 16.3. The minimum atomic E-state index is -0.727. The largest absolute Gasteiger partial charge is 0.394 e. The molecule has 3 unspecified atom stereocenters. The molecule has 0 radical (unpaired) electrons. The van der Waals surface area contributed by atoms with Crippen LogP contribution in [0.4, 0.5) is 0 Å². The second-order valence-electron chi connectivity index (χ2n) is 4.49. The van der Waals surface area contributed by atoms with Crippen LogP contribution in [0, 0.1) is 5.92 Å². The molecule has 0 saturated carbocycles. The van der Waals surface area contributed by atoms with Gasteiger partial charge in [0, 0.05) is 5.92 Å². The molecule has 0 aromatic carbocycles. The predicted molar refractivity (Wildman–Crippen MR) is 65.8 cm³/mol. The normalized spacial score (nSPS) is 28.4. The second kappa shape index (κ2) is 5.43. The smallest absolute Gasteiger partial charge is 0.0839 e. The monoisotopic (exact) mass is 223 g/mol. The van der Waals surface area contributed by atoms with E-state index in [-0.39, 0.29) is 12.5 Å². The van der Waals surface area contributed by atoms with Crippen LogP contribution in [0.3, 0.4) is 0 Å². The van der Waals surface area contributed by atoms with Crippen molar-refractivity contribution in [3.8, 4) is 0 Å². The lowest BCUT2D eigenvalue weighted by molar-refractivity contribution is 0.0589. The van der Waals surface area contributed by atoms with Crippen molar-refractivity contribution in [2.75, 3.05) is 6.61 Å². The zero-order chi connectivity index (χ0) is 12.2. The van der Waals surface area contributed by atoms with Gasteiger partial charge in [0.2, 0.25) is 0 Å². The maximum atomic E-state index is 9.75. The van der Waals surface area contributed by atoms with Crippen molar-refractivity contribution in [3.63, 3.8) is 0 Å². The van der Waals surface area contributed by atoms with Crippen molar-refractivity contribution in [1.29, 1.82) is 0 Å². The number of hydrogen-bond acceptors (Lipinski definition) is 3. The topological polar surface area (TPSA) is 66.5 Å². The van der Waals surface area contributed by atoms with Crippen LogP contribution >= 0.6 is 0 Å². The van der Waals surface area contributed by atoms with Crippen LogP contribution in [0.5, 0.6) is 0 Å². The summed E-state index contributed by atoms with van der Waals surface area (Å²) in [7, 11) is 0. The van der Waals surface area contributed by atoms with Gasteiger partial charge in [-0.1, -0.05) is 37.3 Å². The van der Waals surface area contributed by atoms with Crippen molar-refractivity contribution in [3.05, 3.63) is 36.0 Å². The van der Waals surface area contributed by atoms with Crippen LogP contribution in [0.15, 0.2) is 36.0 Å². The van der Waals surface area contributed by atoms with Crippen LogP contribution in [0.25, 0.3) is 0 Å². The summed E-state index contributed by atoms with van der Waals surface area (Å²) in [6, 6.07) is 0. The Morgan fingerprint density at radius 2 is 2.12 bits per heavy atom. The third-order valence-electron chi connectivity index (χ3n) is 2.85. The zero-order valence-electron chi connectivity index (χ0n) is 9.93. The van der Waals surface area contributed by atoms with Crippen LogP contribution in [0.1, 0.15) is 20.3 Å². The van der Waals surface area contributed by atoms with E-state index in [1.807, 2.05) is 44.2 Å². The lowest BCUT2D eigenvalue weighted by Gasteiger charge is -2.24. The first kappa shape index (κ1) is 13.2. The molecule has 4 N–H and O–H groups in total. The van der Waals surface area contributed by atoms with E-state index in [0.717, 1.165) is 12.0 Å². The Hall–Kier alpha value is -0.900. The Labute approximate surface area is 97.0 Å². The first-order chi connectivity index (χ1) is 7.50. The molecule has 0 aromatic rings. The molecule has 0 aliphatic heterocycles. The molecule has 0 spiro atoms. The van der Waals surface area contributed by atoms with E-state index in [4.69, 9.17) is 10.8 Å². The van der Waals surface area contributed by atoms with Gasteiger partial charge in [-0.3, -0.25) is 0 Å². The van der Waals surface area contributed by atoms with E-state index < -0.39 is 11.6 Å². The minimum Gasteiger partial charge on any atom is -0.394 e. The number of nitrogens with two attached hydrogens (primary N) is 1. The Morgan fingerprint density at radius 1 is 1.44 bits per heavy atom. The molecular formula is C13H21NO2. The Balaban J connectivity index is 2.97. The fraction of sp³-hybridized carbons (Fsp3) is 0.538. The van der Waals surface area contributed by atoms with Gasteiger partial charge in [-0.05, 0) is 18.9 Å². The molecule has 0 heterocycles. The quantitative estimate of drug-likeness (QED) is 0.669. The molecule has 0 aromatic heterocycles. The number of rotatable bonds is 4. The van der Waals surface area contributed by atoms with Crippen LogP contribution < -0.4 is 5.73 Å². The van der Waals surface area contributed by atoms with E-state index in [1.165, 1.54) is 0 Å². The Morgan fingerprint density at radius 3 is 2.69 bits per heavy atom. The number of aliphatic hydroxyl groups excluding tert-OH is 2. The first-order valence-corrected chi connectivity index (χ1v) is 5.66. The summed E-state index contributed by atoms with van der Waals surface area (Å²) in [4.78, 5) is 0. The number of allylic oxidation sites excluding steroid dienone is 3. The fourth-order valence-electron chi connectivity index (χ4n) is 1.97. The van der Waals surface area contributed by atoms with Gasteiger partial charge in [0.15, 0.2) is 0 Å². The molecule has 0 bridgehead atoms. The highest BCUT2D eigenvalue weighted by Gasteiger charge is 2.22. The van der Waals surface area contributed by atoms with Gasteiger partial charge in [0.25, 0.3) is 0 Å². The summed E-state index contributed by atoms with van der Waals surface area (Å²) in [5, 5.41) is 18.8. The van der Waals surface area contributed by atoms with Crippen molar-refractivity contribution in [1.82, 2.24) is 0 Å². The molecule has 1 aliphatic carbocycles. The Kier molecular flexibility index (Phi) is 4.47. The molecule has 0 amide bonds. The molecular weight excluding hydrogens is 202 g/mol. The van der Waals surface area contributed by atoms with Gasteiger partial charge in [-0.15, -0.1) is 0 Å². The first-order valence-electron chi connectivity index (χ1n) is 5.66. The maximum Gasteiger partial charge on any atom is 0.0839 e. The van der Waals surface area contributed by atoms with E-state index in [2.05, 4.69) is 0 Å². The van der Waals surface area contributed by atoms with Crippen LogP contribution in [-0.4, -0.2) is 28.5 Å². The van der Waals surface area contributed by atoms with Crippen molar-refractivity contribution in [2.45, 2.75) is 31.9 Å². The highest BCUT2D eigenvalue weighted by molar-refractivity contribution is 5.35. The number of hydrogen-bond donors (Lipinski definition) is 3. The van der Waals surface area contributed by atoms with Gasteiger partial charge in [0.05, 0.1) is 18.2 Å².